The first-order valence-corrected chi connectivity index (χ1v) is 11.6. The molecule has 1 aliphatic rings. The number of hydrogen-bond donors (Lipinski definition) is 3. The first kappa shape index (κ1) is 29.6. The number of carboxylic acids is 1. The number of carbonyl (C=O) groups is 1. The van der Waals surface area contributed by atoms with E-state index in [0.717, 1.165) is 24.2 Å². The van der Waals surface area contributed by atoms with Crippen molar-refractivity contribution in [1.29, 1.82) is 0 Å². The van der Waals surface area contributed by atoms with Crippen LogP contribution in [-0.2, 0) is 17.9 Å². The fourth-order valence-electron chi connectivity index (χ4n) is 4.04. The number of aliphatic carboxylic acids is 1. The Bertz CT molecular complexity index is 987. The lowest BCUT2D eigenvalue weighted by atomic mass is 9.82. The van der Waals surface area contributed by atoms with Crippen LogP contribution in [0.15, 0.2) is 48.5 Å². The van der Waals surface area contributed by atoms with E-state index in [0.29, 0.717) is 24.9 Å². The van der Waals surface area contributed by atoms with Gasteiger partial charge in [-0.25, -0.2) is 4.79 Å². The summed E-state index contributed by atoms with van der Waals surface area (Å²) in [5, 5.41) is 35.7. The number of nitrogens with one attached hydrogen (secondary N) is 2. The van der Waals surface area contributed by atoms with Crippen molar-refractivity contribution < 1.29 is 32.9 Å². The Morgan fingerprint density at radius 1 is 0.838 bits per heavy atom. The highest BCUT2D eigenvalue weighted by molar-refractivity contribution is 5.73. The molecule has 0 aliphatic heterocycles. The number of halogens is 3. The summed E-state index contributed by atoms with van der Waals surface area (Å²) < 4.78 is 31.7. The predicted molar refractivity (Wildman–Crippen MR) is 129 cm³/mol. The molecule has 1 fully saturated rings. The van der Waals surface area contributed by atoms with Gasteiger partial charge in [-0.05, 0) is 61.7 Å². The lowest BCUT2D eigenvalue weighted by molar-refractivity contribution is -0.385. The Morgan fingerprint density at radius 2 is 1.19 bits per heavy atom. The number of benzene rings is 2. The highest BCUT2D eigenvalue weighted by atomic mass is 19.4. The second-order valence-electron chi connectivity index (χ2n) is 8.81. The van der Waals surface area contributed by atoms with Crippen molar-refractivity contribution in [2.24, 2.45) is 11.8 Å². The van der Waals surface area contributed by atoms with Gasteiger partial charge in [0.25, 0.3) is 11.4 Å². The van der Waals surface area contributed by atoms with Crippen molar-refractivity contribution >= 4 is 17.3 Å². The Morgan fingerprint density at radius 3 is 1.49 bits per heavy atom. The quantitative estimate of drug-likeness (QED) is 0.295. The molecule has 10 nitrogen and oxygen atoms in total. The molecule has 13 heteroatoms. The molecule has 3 rings (SSSR count). The molecular weight excluding hydrogens is 497 g/mol. The third kappa shape index (κ3) is 10.9. The van der Waals surface area contributed by atoms with Crippen LogP contribution in [0.25, 0.3) is 0 Å². The smallest absolute Gasteiger partial charge is 0.475 e. The highest BCUT2D eigenvalue weighted by Crippen LogP contribution is 2.28. The summed E-state index contributed by atoms with van der Waals surface area (Å²) in [6.07, 6.45) is -0.396. The van der Waals surface area contributed by atoms with E-state index in [2.05, 4.69) is 10.6 Å². The van der Waals surface area contributed by atoms with Gasteiger partial charge in [-0.3, -0.25) is 20.2 Å². The van der Waals surface area contributed by atoms with Gasteiger partial charge in [-0.2, -0.15) is 13.2 Å². The number of nitro benzene ring substituents is 2. The monoisotopic (exact) mass is 526 g/mol. The van der Waals surface area contributed by atoms with Gasteiger partial charge in [0.1, 0.15) is 0 Å². The third-order valence-electron chi connectivity index (χ3n) is 5.98. The van der Waals surface area contributed by atoms with Gasteiger partial charge in [0.2, 0.25) is 0 Å². The zero-order valence-electron chi connectivity index (χ0n) is 19.9. The van der Waals surface area contributed by atoms with Crippen molar-refractivity contribution in [2.75, 3.05) is 13.1 Å². The van der Waals surface area contributed by atoms with Gasteiger partial charge in [-0.1, -0.05) is 24.3 Å². The van der Waals surface area contributed by atoms with Crippen molar-refractivity contribution in [3.05, 3.63) is 79.9 Å². The second-order valence-corrected chi connectivity index (χ2v) is 8.81. The van der Waals surface area contributed by atoms with Crippen LogP contribution in [0, 0.1) is 32.1 Å². The Hall–Kier alpha value is -3.58. The maximum absolute atomic E-state index is 10.9. The molecule has 1 saturated carbocycles. The number of nitrogens with zero attached hydrogens (tertiary/aromatic N) is 2. The van der Waals surface area contributed by atoms with E-state index in [1.165, 1.54) is 37.8 Å². The fourth-order valence-corrected chi connectivity index (χ4v) is 4.04. The van der Waals surface area contributed by atoms with E-state index in [4.69, 9.17) is 9.90 Å². The van der Waals surface area contributed by atoms with E-state index >= 15 is 0 Å². The van der Waals surface area contributed by atoms with Crippen molar-refractivity contribution in [3.8, 4) is 0 Å². The maximum Gasteiger partial charge on any atom is 0.490 e. The van der Waals surface area contributed by atoms with Gasteiger partial charge in [0.05, 0.1) is 9.85 Å². The minimum atomic E-state index is -5.08. The molecule has 3 N–H and O–H groups in total. The van der Waals surface area contributed by atoms with Gasteiger partial charge >= 0.3 is 12.1 Å². The van der Waals surface area contributed by atoms with Crippen LogP contribution in [0.5, 0.6) is 0 Å². The molecule has 2 aromatic rings. The van der Waals surface area contributed by atoms with Crippen molar-refractivity contribution in [1.82, 2.24) is 10.6 Å². The number of nitro groups is 2. The molecule has 0 spiro atoms. The summed E-state index contributed by atoms with van der Waals surface area (Å²) in [7, 11) is 0. The standard InChI is InChI=1S/C22H28N4O4.C2HF3O2/c27-25(28)21-5-1-3-19(11-21)15-23-13-17-7-9-18(10-8-17)14-24-16-20-4-2-6-22(12-20)26(29)30;3-2(4,5)1(6)7/h1-6,11-12,17-18,23-24H,7-10,13-16H2;(H,6,7). The summed E-state index contributed by atoms with van der Waals surface area (Å²) in [5.41, 5.74) is 2.13. The Labute approximate surface area is 211 Å². The number of alkyl halides is 3. The van der Waals surface area contributed by atoms with E-state index in [1.54, 1.807) is 24.3 Å². The summed E-state index contributed by atoms with van der Waals surface area (Å²) in [6.45, 7) is 3.14. The summed E-state index contributed by atoms with van der Waals surface area (Å²) >= 11 is 0. The van der Waals surface area contributed by atoms with E-state index in [9.17, 15) is 33.4 Å². The maximum atomic E-state index is 10.9. The molecule has 202 valence electrons. The zero-order chi connectivity index (χ0) is 27.4. The summed E-state index contributed by atoms with van der Waals surface area (Å²) in [5.74, 6) is -1.49. The van der Waals surface area contributed by atoms with Crippen molar-refractivity contribution in [3.63, 3.8) is 0 Å². The highest BCUT2D eigenvalue weighted by Gasteiger charge is 2.38. The average Bonchev–Trinajstić information content (AvgIpc) is 2.85. The van der Waals surface area contributed by atoms with E-state index in [1.807, 2.05) is 12.1 Å². The molecule has 0 bridgehead atoms. The first-order chi connectivity index (χ1) is 17.5. The molecule has 0 saturated heterocycles. The van der Waals surface area contributed by atoms with E-state index in [-0.39, 0.29) is 21.2 Å². The molecule has 0 amide bonds. The van der Waals surface area contributed by atoms with Crippen LogP contribution in [0.3, 0.4) is 0 Å². The predicted octanol–water partition coefficient (Wildman–Crippen LogP) is 4.82. The van der Waals surface area contributed by atoms with Crippen LogP contribution in [0.1, 0.15) is 36.8 Å². The molecule has 0 heterocycles. The molecule has 0 aromatic heterocycles. The molecule has 37 heavy (non-hydrogen) atoms. The first-order valence-electron chi connectivity index (χ1n) is 11.6. The van der Waals surface area contributed by atoms with Crippen LogP contribution in [0.4, 0.5) is 24.5 Å². The summed E-state index contributed by atoms with van der Waals surface area (Å²) in [6, 6.07) is 13.5. The minimum absolute atomic E-state index is 0.132. The van der Waals surface area contributed by atoms with Gasteiger partial charge in [-0.15, -0.1) is 0 Å². The molecule has 0 atom stereocenters. The molecule has 0 unspecified atom stereocenters. The van der Waals surface area contributed by atoms with Gasteiger partial charge in [0, 0.05) is 37.4 Å². The molecule has 2 aromatic carbocycles. The lowest BCUT2D eigenvalue weighted by Crippen LogP contribution is -2.30. The van der Waals surface area contributed by atoms with Crippen molar-refractivity contribution in [2.45, 2.75) is 44.9 Å². The second kappa shape index (κ2) is 14.2. The molecule has 0 radical (unpaired) electrons. The number of non-ortho nitro benzene ring substituents is 2. The Kier molecular flexibility index (Phi) is 11.4. The minimum Gasteiger partial charge on any atom is -0.475 e. The van der Waals surface area contributed by atoms with E-state index < -0.39 is 12.1 Å². The molecule has 1 aliphatic carbocycles. The lowest BCUT2D eigenvalue weighted by Gasteiger charge is -2.29. The largest absolute Gasteiger partial charge is 0.490 e. The van der Waals surface area contributed by atoms with Gasteiger partial charge in [0.15, 0.2) is 0 Å². The third-order valence-corrected chi connectivity index (χ3v) is 5.98. The normalized spacial score (nSPS) is 17.4. The van der Waals surface area contributed by atoms with Gasteiger partial charge < -0.3 is 15.7 Å². The number of rotatable bonds is 10. The number of carboxylic acid groups (broad SMARTS) is 1. The molecular formula is C24H29F3N4O6. The summed E-state index contributed by atoms with van der Waals surface area (Å²) in [4.78, 5) is 29.9. The number of hydrogen-bond acceptors (Lipinski definition) is 7. The van der Waals surface area contributed by atoms with Crippen LogP contribution >= 0.6 is 0 Å². The zero-order valence-corrected chi connectivity index (χ0v) is 19.9. The van der Waals surface area contributed by atoms with Crippen LogP contribution < -0.4 is 10.6 Å². The topological polar surface area (TPSA) is 148 Å². The average molecular weight is 527 g/mol. The van der Waals surface area contributed by atoms with Crippen LogP contribution in [-0.4, -0.2) is 40.2 Å². The SMILES string of the molecule is O=C(O)C(F)(F)F.O=[N+]([O-])c1cccc(CNCC2CCC(CNCc3cccc([N+](=O)[O-])c3)CC2)c1. The van der Waals surface area contributed by atoms with Crippen LogP contribution in [0.2, 0.25) is 0 Å². The Balaban J connectivity index is 0.000000604. The fraction of sp³-hybridized carbons (Fsp3) is 0.458.